The SMILES string of the molecule is COc1cccc(/C=C/c2ccncc2)c1. The molecule has 0 fully saturated rings. The van der Waals surface area contributed by atoms with Gasteiger partial charge < -0.3 is 4.74 Å². The molecule has 2 nitrogen and oxygen atoms in total. The molecule has 1 aromatic carbocycles. The van der Waals surface area contributed by atoms with Crippen LogP contribution < -0.4 is 4.74 Å². The van der Waals surface area contributed by atoms with E-state index in [4.69, 9.17) is 4.74 Å². The van der Waals surface area contributed by atoms with Crippen molar-refractivity contribution in [1.29, 1.82) is 0 Å². The fourth-order valence-corrected chi connectivity index (χ4v) is 1.41. The number of benzene rings is 1. The first-order valence-corrected chi connectivity index (χ1v) is 5.10. The lowest BCUT2D eigenvalue weighted by atomic mass is 10.1. The van der Waals surface area contributed by atoms with Crippen LogP contribution in [0.4, 0.5) is 0 Å². The summed E-state index contributed by atoms with van der Waals surface area (Å²) < 4.78 is 5.16. The largest absolute Gasteiger partial charge is 0.497 e. The van der Waals surface area contributed by atoms with Gasteiger partial charge in [0.15, 0.2) is 0 Å². The van der Waals surface area contributed by atoms with Crippen molar-refractivity contribution in [2.45, 2.75) is 0 Å². The van der Waals surface area contributed by atoms with E-state index in [2.05, 4.69) is 17.1 Å². The molecule has 0 bridgehead atoms. The summed E-state index contributed by atoms with van der Waals surface area (Å²) in [6.07, 6.45) is 7.67. The second-order valence-electron chi connectivity index (χ2n) is 3.39. The van der Waals surface area contributed by atoms with Gasteiger partial charge in [0, 0.05) is 12.4 Å². The van der Waals surface area contributed by atoms with E-state index >= 15 is 0 Å². The minimum atomic E-state index is 0.872. The highest BCUT2D eigenvalue weighted by Crippen LogP contribution is 2.14. The van der Waals surface area contributed by atoms with Crippen molar-refractivity contribution in [2.24, 2.45) is 0 Å². The summed E-state index contributed by atoms with van der Waals surface area (Å²) in [6, 6.07) is 11.9. The van der Waals surface area contributed by atoms with Gasteiger partial charge in [0.25, 0.3) is 0 Å². The Morgan fingerprint density at radius 2 is 1.75 bits per heavy atom. The Morgan fingerprint density at radius 1 is 1.00 bits per heavy atom. The number of nitrogens with zero attached hydrogens (tertiary/aromatic N) is 1. The molecule has 80 valence electrons. The van der Waals surface area contributed by atoms with E-state index in [1.807, 2.05) is 36.4 Å². The number of aromatic nitrogens is 1. The Hall–Kier alpha value is -2.09. The van der Waals surface area contributed by atoms with Crippen LogP contribution in [0, 0.1) is 0 Å². The molecule has 1 heterocycles. The lowest BCUT2D eigenvalue weighted by Gasteiger charge is -1.99. The van der Waals surface area contributed by atoms with E-state index in [1.54, 1.807) is 19.5 Å². The van der Waals surface area contributed by atoms with E-state index in [-0.39, 0.29) is 0 Å². The van der Waals surface area contributed by atoms with Crippen molar-refractivity contribution < 1.29 is 4.74 Å². The van der Waals surface area contributed by atoms with Gasteiger partial charge in [-0.1, -0.05) is 24.3 Å². The molecule has 0 unspecified atom stereocenters. The third-order valence-electron chi connectivity index (χ3n) is 2.27. The van der Waals surface area contributed by atoms with Crippen molar-refractivity contribution in [3.8, 4) is 5.75 Å². The molecule has 0 saturated heterocycles. The lowest BCUT2D eigenvalue weighted by molar-refractivity contribution is 0.414. The highest BCUT2D eigenvalue weighted by molar-refractivity contribution is 5.69. The van der Waals surface area contributed by atoms with Crippen LogP contribution in [-0.4, -0.2) is 12.1 Å². The van der Waals surface area contributed by atoms with Crippen molar-refractivity contribution in [2.75, 3.05) is 7.11 Å². The van der Waals surface area contributed by atoms with Gasteiger partial charge in [-0.3, -0.25) is 4.98 Å². The van der Waals surface area contributed by atoms with E-state index in [1.165, 1.54) is 0 Å². The minimum absolute atomic E-state index is 0.872. The van der Waals surface area contributed by atoms with Crippen molar-refractivity contribution in [1.82, 2.24) is 4.98 Å². The second-order valence-corrected chi connectivity index (χ2v) is 3.39. The van der Waals surface area contributed by atoms with Crippen LogP contribution >= 0.6 is 0 Å². The number of methoxy groups -OCH3 is 1. The Morgan fingerprint density at radius 3 is 2.50 bits per heavy atom. The predicted octanol–water partition coefficient (Wildman–Crippen LogP) is 3.26. The summed E-state index contributed by atoms with van der Waals surface area (Å²) in [4.78, 5) is 3.97. The molecule has 0 aliphatic rings. The molecule has 0 aliphatic carbocycles. The monoisotopic (exact) mass is 211 g/mol. The number of hydrogen-bond acceptors (Lipinski definition) is 2. The molecule has 0 amide bonds. The zero-order chi connectivity index (χ0) is 11.2. The number of hydrogen-bond donors (Lipinski definition) is 0. The van der Waals surface area contributed by atoms with Crippen molar-refractivity contribution >= 4 is 12.2 Å². The van der Waals surface area contributed by atoms with E-state index in [0.717, 1.165) is 16.9 Å². The van der Waals surface area contributed by atoms with Gasteiger partial charge >= 0.3 is 0 Å². The van der Waals surface area contributed by atoms with E-state index in [9.17, 15) is 0 Å². The van der Waals surface area contributed by atoms with E-state index in [0.29, 0.717) is 0 Å². The van der Waals surface area contributed by atoms with Gasteiger partial charge in [0.2, 0.25) is 0 Å². The molecule has 0 atom stereocenters. The fourth-order valence-electron chi connectivity index (χ4n) is 1.41. The van der Waals surface area contributed by atoms with Gasteiger partial charge in [-0.2, -0.15) is 0 Å². The third kappa shape index (κ3) is 2.70. The average molecular weight is 211 g/mol. The zero-order valence-electron chi connectivity index (χ0n) is 9.13. The van der Waals surface area contributed by atoms with E-state index < -0.39 is 0 Å². The third-order valence-corrected chi connectivity index (χ3v) is 2.27. The topological polar surface area (TPSA) is 22.1 Å². The van der Waals surface area contributed by atoms with Crippen LogP contribution in [0.25, 0.3) is 12.2 Å². The highest BCUT2D eigenvalue weighted by Gasteiger charge is 1.91. The quantitative estimate of drug-likeness (QED) is 0.777. The molecular formula is C14H13NO. The van der Waals surface area contributed by atoms with Gasteiger partial charge in [0.1, 0.15) is 5.75 Å². The Labute approximate surface area is 95.2 Å². The Bertz CT molecular complexity index is 477. The summed E-state index contributed by atoms with van der Waals surface area (Å²) >= 11 is 0. The first-order chi connectivity index (χ1) is 7.88. The maximum Gasteiger partial charge on any atom is 0.119 e. The Kier molecular flexibility index (Phi) is 3.34. The van der Waals surface area contributed by atoms with Crippen LogP contribution in [0.3, 0.4) is 0 Å². The maximum absolute atomic E-state index is 5.16. The minimum Gasteiger partial charge on any atom is -0.497 e. The summed E-state index contributed by atoms with van der Waals surface area (Å²) in [6.45, 7) is 0. The first-order valence-electron chi connectivity index (χ1n) is 5.10. The van der Waals surface area contributed by atoms with Gasteiger partial charge in [-0.05, 0) is 35.4 Å². The molecule has 16 heavy (non-hydrogen) atoms. The molecule has 0 spiro atoms. The predicted molar refractivity (Wildman–Crippen MR) is 66.2 cm³/mol. The van der Waals surface area contributed by atoms with Crippen molar-refractivity contribution in [3.63, 3.8) is 0 Å². The molecule has 2 rings (SSSR count). The average Bonchev–Trinajstić information content (AvgIpc) is 2.38. The molecular weight excluding hydrogens is 198 g/mol. The molecule has 2 aromatic rings. The Balaban J connectivity index is 2.17. The van der Waals surface area contributed by atoms with Crippen LogP contribution in [0.1, 0.15) is 11.1 Å². The maximum atomic E-state index is 5.16. The summed E-state index contributed by atoms with van der Waals surface area (Å²) in [5, 5.41) is 0. The smallest absolute Gasteiger partial charge is 0.119 e. The normalized spacial score (nSPS) is 10.6. The van der Waals surface area contributed by atoms with Crippen molar-refractivity contribution in [3.05, 3.63) is 59.9 Å². The van der Waals surface area contributed by atoms with Gasteiger partial charge in [-0.25, -0.2) is 0 Å². The molecule has 0 radical (unpaired) electrons. The molecule has 0 aliphatic heterocycles. The number of ether oxygens (including phenoxy) is 1. The van der Waals surface area contributed by atoms with Crippen LogP contribution in [-0.2, 0) is 0 Å². The lowest BCUT2D eigenvalue weighted by Crippen LogP contribution is -1.82. The molecule has 0 N–H and O–H groups in total. The second kappa shape index (κ2) is 5.12. The number of rotatable bonds is 3. The van der Waals surface area contributed by atoms with Gasteiger partial charge in [-0.15, -0.1) is 0 Å². The number of pyridine rings is 1. The van der Waals surface area contributed by atoms with Crippen LogP contribution in [0.15, 0.2) is 48.8 Å². The highest BCUT2D eigenvalue weighted by atomic mass is 16.5. The molecule has 0 saturated carbocycles. The summed E-state index contributed by atoms with van der Waals surface area (Å²) in [7, 11) is 1.67. The molecule has 1 aromatic heterocycles. The summed E-state index contributed by atoms with van der Waals surface area (Å²) in [5.74, 6) is 0.872. The fraction of sp³-hybridized carbons (Fsp3) is 0.0714. The van der Waals surface area contributed by atoms with Crippen LogP contribution in [0.5, 0.6) is 5.75 Å². The van der Waals surface area contributed by atoms with Gasteiger partial charge in [0.05, 0.1) is 7.11 Å². The zero-order valence-corrected chi connectivity index (χ0v) is 9.13. The molecule has 2 heteroatoms. The summed E-state index contributed by atoms with van der Waals surface area (Å²) in [5.41, 5.74) is 2.26. The van der Waals surface area contributed by atoms with Crippen LogP contribution in [0.2, 0.25) is 0 Å². The standard InChI is InChI=1S/C14H13NO/c1-16-14-4-2-3-13(11-14)6-5-12-7-9-15-10-8-12/h2-11H,1H3/b6-5+. The first kappa shape index (κ1) is 10.4.